The number of benzene rings is 3. The molecule has 0 spiro atoms. The number of hydrogen-bond donors (Lipinski definition) is 0. The third kappa shape index (κ3) is 3.01. The highest BCUT2D eigenvalue weighted by atomic mass is 19.4. The molecule has 172 valence electrons. The first-order valence-corrected chi connectivity index (χ1v) is 11.8. The van der Waals surface area contributed by atoms with Crippen LogP contribution >= 0.6 is 0 Å². The highest BCUT2D eigenvalue weighted by Crippen LogP contribution is 2.60. The van der Waals surface area contributed by atoms with Crippen LogP contribution in [-0.2, 0) is 11.6 Å². The molecule has 0 amide bonds. The van der Waals surface area contributed by atoms with E-state index < -0.39 is 11.7 Å². The summed E-state index contributed by atoms with van der Waals surface area (Å²) in [5.74, 6) is 0.149. The number of hydrogen-bond acceptors (Lipinski definition) is 2. The van der Waals surface area contributed by atoms with Crippen LogP contribution in [0.25, 0.3) is 0 Å². The van der Waals surface area contributed by atoms with Gasteiger partial charge in [-0.15, -0.1) is 0 Å². The van der Waals surface area contributed by atoms with Crippen molar-refractivity contribution in [1.82, 2.24) is 0 Å². The van der Waals surface area contributed by atoms with Crippen LogP contribution in [0.15, 0.2) is 72.8 Å². The Labute approximate surface area is 193 Å². The number of halogens is 3. The van der Waals surface area contributed by atoms with Gasteiger partial charge in [-0.05, 0) is 55.2 Å². The minimum Gasteiger partial charge on any atom is -0.318 e. The van der Waals surface area contributed by atoms with E-state index >= 15 is 0 Å². The predicted octanol–water partition coefficient (Wildman–Crippen LogP) is 8.42. The van der Waals surface area contributed by atoms with E-state index in [1.807, 2.05) is 35.2 Å². The van der Waals surface area contributed by atoms with E-state index in [1.54, 1.807) is 12.1 Å². The Morgan fingerprint density at radius 1 is 0.697 bits per heavy atom. The number of nitrogens with zero attached hydrogens (tertiary/aromatic N) is 2. The SMILES string of the molecule is CCC1C2N(c3ccccc3C(F)(F)F)c3ccccc3N2c2ccccc2C1(CC)CC. The standard InChI is InChI=1S/C28H29F3N2/c1-4-19-26-32(22-15-9-7-13-20(22)27(19,5-2)6-3)24-17-11-12-18-25(24)33(26)23-16-10-8-14-21(23)28(29,30)31/h7-19,26H,4-6H2,1-3H3. The molecule has 2 aliphatic heterocycles. The van der Waals surface area contributed by atoms with Gasteiger partial charge in [-0.1, -0.05) is 63.2 Å². The molecule has 5 rings (SSSR count). The van der Waals surface area contributed by atoms with Gasteiger partial charge in [-0.2, -0.15) is 13.2 Å². The lowest BCUT2D eigenvalue weighted by atomic mass is 9.61. The molecular formula is C28H29F3N2. The van der Waals surface area contributed by atoms with E-state index in [-0.39, 0.29) is 23.2 Å². The fraction of sp³-hybridized carbons (Fsp3) is 0.357. The van der Waals surface area contributed by atoms with Gasteiger partial charge in [-0.3, -0.25) is 0 Å². The van der Waals surface area contributed by atoms with Gasteiger partial charge in [0.25, 0.3) is 0 Å². The minimum atomic E-state index is -4.43. The molecule has 2 atom stereocenters. The number of para-hydroxylation sites is 4. The number of rotatable bonds is 4. The first-order valence-electron chi connectivity index (χ1n) is 11.8. The summed E-state index contributed by atoms with van der Waals surface area (Å²) in [5.41, 5.74) is 3.73. The Morgan fingerprint density at radius 3 is 1.73 bits per heavy atom. The molecule has 33 heavy (non-hydrogen) atoms. The lowest BCUT2D eigenvalue weighted by molar-refractivity contribution is -0.137. The molecule has 2 nitrogen and oxygen atoms in total. The van der Waals surface area contributed by atoms with Crippen LogP contribution in [0.1, 0.15) is 51.2 Å². The van der Waals surface area contributed by atoms with E-state index in [4.69, 9.17) is 0 Å². The van der Waals surface area contributed by atoms with Gasteiger partial charge in [-0.25, -0.2) is 0 Å². The molecule has 0 saturated carbocycles. The zero-order chi connectivity index (χ0) is 23.4. The highest BCUT2D eigenvalue weighted by Gasteiger charge is 2.55. The predicted molar refractivity (Wildman–Crippen MR) is 128 cm³/mol. The average molecular weight is 451 g/mol. The van der Waals surface area contributed by atoms with Crippen molar-refractivity contribution < 1.29 is 13.2 Å². The van der Waals surface area contributed by atoms with Crippen molar-refractivity contribution in [3.63, 3.8) is 0 Å². The molecule has 3 aromatic rings. The van der Waals surface area contributed by atoms with Crippen LogP contribution < -0.4 is 9.80 Å². The zero-order valence-corrected chi connectivity index (χ0v) is 19.2. The first kappa shape index (κ1) is 21.9. The zero-order valence-electron chi connectivity index (χ0n) is 19.2. The molecule has 0 aliphatic carbocycles. The molecule has 2 aliphatic rings. The van der Waals surface area contributed by atoms with Crippen molar-refractivity contribution in [3.8, 4) is 0 Å². The fourth-order valence-corrected chi connectivity index (χ4v) is 6.45. The molecule has 0 saturated heterocycles. The first-order chi connectivity index (χ1) is 15.9. The van der Waals surface area contributed by atoms with Gasteiger partial charge >= 0.3 is 6.18 Å². The quantitative estimate of drug-likeness (QED) is 0.394. The second kappa shape index (κ2) is 7.82. The summed E-state index contributed by atoms with van der Waals surface area (Å²) >= 11 is 0. The van der Waals surface area contributed by atoms with Crippen LogP contribution in [-0.4, -0.2) is 6.17 Å². The molecule has 0 radical (unpaired) electrons. The Morgan fingerprint density at radius 2 is 1.18 bits per heavy atom. The Bertz CT molecular complexity index is 1170. The van der Waals surface area contributed by atoms with E-state index in [1.165, 1.54) is 17.7 Å². The lowest BCUT2D eigenvalue weighted by Gasteiger charge is -2.53. The summed E-state index contributed by atoms with van der Waals surface area (Å²) in [4.78, 5) is 4.25. The molecule has 0 bridgehead atoms. The van der Waals surface area contributed by atoms with Crippen molar-refractivity contribution in [2.45, 2.75) is 57.8 Å². The van der Waals surface area contributed by atoms with Crippen molar-refractivity contribution in [2.75, 3.05) is 9.80 Å². The second-order valence-corrected chi connectivity index (χ2v) is 9.05. The van der Waals surface area contributed by atoms with E-state index in [0.717, 1.165) is 36.3 Å². The Balaban J connectivity index is 1.84. The van der Waals surface area contributed by atoms with E-state index in [0.29, 0.717) is 0 Å². The maximum Gasteiger partial charge on any atom is 0.418 e. The maximum atomic E-state index is 14.2. The topological polar surface area (TPSA) is 6.48 Å². The normalized spacial score (nSPS) is 20.9. The average Bonchev–Trinajstić information content (AvgIpc) is 3.17. The molecule has 0 aromatic heterocycles. The van der Waals surface area contributed by atoms with Gasteiger partial charge in [0.1, 0.15) is 6.17 Å². The van der Waals surface area contributed by atoms with Crippen LogP contribution in [0.5, 0.6) is 0 Å². The summed E-state index contributed by atoms with van der Waals surface area (Å²) < 4.78 is 42.5. The molecule has 2 unspecified atom stereocenters. The highest BCUT2D eigenvalue weighted by molar-refractivity contribution is 5.91. The van der Waals surface area contributed by atoms with E-state index in [2.05, 4.69) is 43.9 Å². The third-order valence-corrected chi connectivity index (χ3v) is 7.87. The monoisotopic (exact) mass is 450 g/mol. The summed E-state index contributed by atoms with van der Waals surface area (Å²) in [7, 11) is 0. The summed E-state index contributed by atoms with van der Waals surface area (Å²) in [6, 6.07) is 22.4. The molecule has 2 heterocycles. The van der Waals surface area contributed by atoms with Gasteiger partial charge in [0, 0.05) is 17.0 Å². The molecule has 3 aromatic carbocycles. The van der Waals surface area contributed by atoms with Gasteiger partial charge in [0.2, 0.25) is 0 Å². The van der Waals surface area contributed by atoms with Crippen LogP contribution in [0, 0.1) is 5.92 Å². The van der Waals surface area contributed by atoms with Gasteiger partial charge in [0.05, 0.1) is 22.6 Å². The van der Waals surface area contributed by atoms with Crippen molar-refractivity contribution in [1.29, 1.82) is 0 Å². The van der Waals surface area contributed by atoms with Crippen LogP contribution in [0.4, 0.5) is 35.9 Å². The number of anilines is 4. The van der Waals surface area contributed by atoms with Gasteiger partial charge in [0.15, 0.2) is 0 Å². The van der Waals surface area contributed by atoms with Crippen LogP contribution in [0.2, 0.25) is 0 Å². The smallest absolute Gasteiger partial charge is 0.318 e. The largest absolute Gasteiger partial charge is 0.418 e. The van der Waals surface area contributed by atoms with Crippen molar-refractivity contribution >= 4 is 22.7 Å². The van der Waals surface area contributed by atoms with E-state index in [9.17, 15) is 13.2 Å². The van der Waals surface area contributed by atoms with Crippen molar-refractivity contribution in [2.24, 2.45) is 5.92 Å². The Hall–Kier alpha value is -2.95. The second-order valence-electron chi connectivity index (χ2n) is 9.05. The number of fused-ring (bicyclic) bond motifs is 5. The van der Waals surface area contributed by atoms with Crippen molar-refractivity contribution in [3.05, 3.63) is 83.9 Å². The maximum absolute atomic E-state index is 14.2. The third-order valence-electron chi connectivity index (χ3n) is 7.87. The number of alkyl halides is 3. The minimum absolute atomic E-state index is 0.111. The molecular weight excluding hydrogens is 421 g/mol. The Kier molecular flexibility index (Phi) is 5.19. The van der Waals surface area contributed by atoms with Gasteiger partial charge < -0.3 is 9.80 Å². The summed E-state index contributed by atoms with van der Waals surface area (Å²) in [6.07, 6.45) is -1.91. The summed E-state index contributed by atoms with van der Waals surface area (Å²) in [5, 5.41) is 0. The summed E-state index contributed by atoms with van der Waals surface area (Å²) in [6.45, 7) is 6.61. The molecule has 0 N–H and O–H groups in total. The van der Waals surface area contributed by atoms with Crippen LogP contribution in [0.3, 0.4) is 0 Å². The lowest BCUT2D eigenvalue weighted by Crippen LogP contribution is -2.56. The molecule has 5 heteroatoms. The fourth-order valence-electron chi connectivity index (χ4n) is 6.45. The molecule has 0 fully saturated rings.